The van der Waals surface area contributed by atoms with Crippen LogP contribution in [0.5, 0.6) is 0 Å². The SMILES string of the molecule is Cc1ccc(C(C)(C)C[C@H](C)N[C@@H]2CCC[C@H](C)[C@H]2C)o1. The lowest BCUT2D eigenvalue weighted by Crippen LogP contribution is -2.46. The van der Waals surface area contributed by atoms with Crippen molar-refractivity contribution in [2.75, 3.05) is 0 Å². The van der Waals surface area contributed by atoms with Gasteiger partial charge in [-0.1, -0.05) is 40.5 Å². The molecule has 2 nitrogen and oxygen atoms in total. The van der Waals surface area contributed by atoms with Crippen LogP contribution in [0.1, 0.15) is 71.8 Å². The van der Waals surface area contributed by atoms with Gasteiger partial charge >= 0.3 is 0 Å². The van der Waals surface area contributed by atoms with Gasteiger partial charge in [-0.05, 0) is 50.7 Å². The van der Waals surface area contributed by atoms with E-state index < -0.39 is 0 Å². The summed E-state index contributed by atoms with van der Waals surface area (Å²) >= 11 is 0. The van der Waals surface area contributed by atoms with Crippen LogP contribution < -0.4 is 5.32 Å². The molecule has 1 saturated carbocycles. The van der Waals surface area contributed by atoms with Crippen molar-refractivity contribution in [2.45, 2.75) is 84.7 Å². The topological polar surface area (TPSA) is 25.2 Å². The van der Waals surface area contributed by atoms with Crippen LogP contribution in [0.4, 0.5) is 0 Å². The van der Waals surface area contributed by atoms with Crippen molar-refractivity contribution >= 4 is 0 Å². The lowest BCUT2D eigenvalue weighted by atomic mass is 9.77. The van der Waals surface area contributed by atoms with E-state index in [1.54, 1.807) is 0 Å². The fourth-order valence-corrected chi connectivity index (χ4v) is 3.91. The Morgan fingerprint density at radius 1 is 1.29 bits per heavy atom. The Hall–Kier alpha value is -0.760. The fraction of sp³-hybridized carbons (Fsp3) is 0.789. The van der Waals surface area contributed by atoms with Crippen molar-refractivity contribution in [3.8, 4) is 0 Å². The minimum Gasteiger partial charge on any atom is -0.466 e. The second-order valence-electron chi connectivity index (χ2n) is 7.94. The van der Waals surface area contributed by atoms with E-state index in [1.165, 1.54) is 19.3 Å². The van der Waals surface area contributed by atoms with Gasteiger partial charge in [-0.15, -0.1) is 0 Å². The highest BCUT2D eigenvalue weighted by molar-refractivity contribution is 5.15. The minimum atomic E-state index is 0.0875. The number of nitrogens with one attached hydrogen (secondary N) is 1. The van der Waals surface area contributed by atoms with Gasteiger partial charge in [0.2, 0.25) is 0 Å². The zero-order chi connectivity index (χ0) is 15.6. The first kappa shape index (κ1) is 16.6. The molecular weight excluding hydrogens is 258 g/mol. The molecule has 0 aromatic carbocycles. The van der Waals surface area contributed by atoms with E-state index in [1.807, 2.05) is 6.92 Å². The lowest BCUT2D eigenvalue weighted by molar-refractivity contribution is 0.186. The summed E-state index contributed by atoms with van der Waals surface area (Å²) in [6.07, 6.45) is 5.20. The molecule has 0 amide bonds. The number of hydrogen-bond acceptors (Lipinski definition) is 2. The molecule has 1 aliphatic carbocycles. The second kappa shape index (κ2) is 6.56. The first-order valence-corrected chi connectivity index (χ1v) is 8.62. The summed E-state index contributed by atoms with van der Waals surface area (Å²) in [5.74, 6) is 3.76. The van der Waals surface area contributed by atoms with Crippen LogP contribution in [0.15, 0.2) is 16.5 Å². The van der Waals surface area contributed by atoms with E-state index in [0.29, 0.717) is 12.1 Å². The van der Waals surface area contributed by atoms with Crippen LogP contribution in [-0.2, 0) is 5.41 Å². The molecule has 1 aliphatic rings. The monoisotopic (exact) mass is 291 g/mol. The van der Waals surface area contributed by atoms with Gasteiger partial charge < -0.3 is 9.73 Å². The molecule has 2 rings (SSSR count). The highest BCUT2D eigenvalue weighted by Gasteiger charge is 2.31. The molecule has 0 radical (unpaired) electrons. The molecule has 0 saturated heterocycles. The van der Waals surface area contributed by atoms with Crippen LogP contribution in [0.3, 0.4) is 0 Å². The molecule has 2 heteroatoms. The number of aryl methyl sites for hydroxylation is 1. The van der Waals surface area contributed by atoms with Gasteiger partial charge in [0.15, 0.2) is 0 Å². The maximum atomic E-state index is 5.85. The average Bonchev–Trinajstić information content (AvgIpc) is 2.82. The van der Waals surface area contributed by atoms with E-state index in [-0.39, 0.29) is 5.41 Å². The molecule has 0 spiro atoms. The normalized spacial score (nSPS) is 28.6. The molecule has 120 valence electrons. The molecular formula is C19H33NO. The largest absolute Gasteiger partial charge is 0.466 e. The van der Waals surface area contributed by atoms with E-state index in [0.717, 1.165) is 29.8 Å². The summed E-state index contributed by atoms with van der Waals surface area (Å²) in [5.41, 5.74) is 0.0875. The smallest absolute Gasteiger partial charge is 0.109 e. The Kier molecular flexibility index (Phi) is 5.19. The van der Waals surface area contributed by atoms with Gasteiger partial charge in [0.25, 0.3) is 0 Å². The maximum Gasteiger partial charge on any atom is 0.109 e. The molecule has 1 heterocycles. The molecule has 1 N–H and O–H groups in total. The van der Waals surface area contributed by atoms with Crippen molar-refractivity contribution in [3.05, 3.63) is 23.7 Å². The van der Waals surface area contributed by atoms with Gasteiger partial charge in [0.1, 0.15) is 11.5 Å². The molecule has 21 heavy (non-hydrogen) atoms. The predicted octanol–water partition coefficient (Wildman–Crippen LogP) is 5.06. The molecule has 1 aromatic heterocycles. The zero-order valence-corrected chi connectivity index (χ0v) is 14.7. The van der Waals surface area contributed by atoms with Crippen LogP contribution >= 0.6 is 0 Å². The van der Waals surface area contributed by atoms with Crippen molar-refractivity contribution in [1.82, 2.24) is 5.32 Å². The predicted molar refractivity (Wildman–Crippen MR) is 89.7 cm³/mol. The zero-order valence-electron chi connectivity index (χ0n) is 14.7. The third kappa shape index (κ3) is 4.12. The van der Waals surface area contributed by atoms with Crippen LogP contribution in [0.2, 0.25) is 0 Å². The standard InChI is InChI=1S/C19H33NO/c1-13-8-7-9-17(16(13)4)20-14(2)12-19(5,6)18-11-10-15(3)21-18/h10-11,13-14,16-17,20H,7-9,12H2,1-6H3/t13-,14-,16+,17+/m0/s1. The maximum absolute atomic E-state index is 5.85. The first-order chi connectivity index (χ1) is 9.79. The van der Waals surface area contributed by atoms with Crippen LogP contribution in [0, 0.1) is 18.8 Å². The number of furan rings is 1. The van der Waals surface area contributed by atoms with E-state index in [4.69, 9.17) is 4.42 Å². The highest BCUT2D eigenvalue weighted by Crippen LogP contribution is 2.32. The third-order valence-electron chi connectivity index (χ3n) is 5.43. The number of rotatable bonds is 5. The first-order valence-electron chi connectivity index (χ1n) is 8.62. The van der Waals surface area contributed by atoms with Crippen molar-refractivity contribution < 1.29 is 4.42 Å². The molecule has 1 fully saturated rings. The summed E-state index contributed by atoms with van der Waals surface area (Å²) in [7, 11) is 0. The quantitative estimate of drug-likeness (QED) is 0.820. The summed E-state index contributed by atoms with van der Waals surface area (Å²) in [5, 5.41) is 3.89. The van der Waals surface area contributed by atoms with Gasteiger partial charge in [-0.2, -0.15) is 0 Å². The Labute approximate surface area is 130 Å². The summed E-state index contributed by atoms with van der Waals surface area (Å²) in [6, 6.07) is 5.40. The highest BCUT2D eigenvalue weighted by atomic mass is 16.3. The van der Waals surface area contributed by atoms with Crippen molar-refractivity contribution in [3.63, 3.8) is 0 Å². The minimum absolute atomic E-state index is 0.0875. The van der Waals surface area contributed by atoms with Gasteiger partial charge in [-0.3, -0.25) is 0 Å². The molecule has 0 aliphatic heterocycles. The van der Waals surface area contributed by atoms with E-state index in [2.05, 4.69) is 52.1 Å². The van der Waals surface area contributed by atoms with Gasteiger partial charge in [-0.25, -0.2) is 0 Å². The molecule has 0 bridgehead atoms. The summed E-state index contributed by atoms with van der Waals surface area (Å²) in [4.78, 5) is 0. The van der Waals surface area contributed by atoms with E-state index in [9.17, 15) is 0 Å². The molecule has 1 aromatic rings. The molecule has 4 atom stereocenters. The Bertz CT molecular complexity index is 448. The lowest BCUT2D eigenvalue weighted by Gasteiger charge is -2.38. The summed E-state index contributed by atoms with van der Waals surface area (Å²) in [6.45, 7) is 13.7. The Morgan fingerprint density at radius 3 is 2.62 bits per heavy atom. The Morgan fingerprint density at radius 2 is 2.00 bits per heavy atom. The number of hydrogen-bond donors (Lipinski definition) is 1. The van der Waals surface area contributed by atoms with Crippen LogP contribution in [0.25, 0.3) is 0 Å². The third-order valence-corrected chi connectivity index (χ3v) is 5.43. The van der Waals surface area contributed by atoms with E-state index >= 15 is 0 Å². The fourth-order valence-electron chi connectivity index (χ4n) is 3.91. The Balaban J connectivity index is 1.93. The molecule has 0 unspecified atom stereocenters. The summed E-state index contributed by atoms with van der Waals surface area (Å²) < 4.78 is 5.85. The van der Waals surface area contributed by atoms with Crippen molar-refractivity contribution in [2.24, 2.45) is 11.8 Å². The van der Waals surface area contributed by atoms with Crippen molar-refractivity contribution in [1.29, 1.82) is 0 Å². The second-order valence-corrected chi connectivity index (χ2v) is 7.94. The average molecular weight is 291 g/mol. The van der Waals surface area contributed by atoms with Gasteiger partial charge in [0.05, 0.1) is 0 Å². The van der Waals surface area contributed by atoms with Crippen LogP contribution in [-0.4, -0.2) is 12.1 Å². The van der Waals surface area contributed by atoms with Gasteiger partial charge in [0, 0.05) is 17.5 Å².